The zero-order chi connectivity index (χ0) is 12.0. The number of hydrogen-bond donors (Lipinski definition) is 1. The maximum atomic E-state index is 3.66. The molecule has 0 saturated heterocycles. The van der Waals surface area contributed by atoms with Gasteiger partial charge in [-0.25, -0.2) is 0 Å². The minimum absolute atomic E-state index is 0.485. The first-order valence-electron chi connectivity index (χ1n) is 6.92. The van der Waals surface area contributed by atoms with E-state index < -0.39 is 0 Å². The summed E-state index contributed by atoms with van der Waals surface area (Å²) in [7, 11) is 0. The SMILES string of the molecule is Cc1cc(CNC2CC2)c(C2(C)CC2)cc1C. The third-order valence-electron chi connectivity index (χ3n) is 4.53. The first kappa shape index (κ1) is 11.3. The Bertz CT molecular complexity index is 439. The van der Waals surface area contributed by atoms with Gasteiger partial charge in [-0.1, -0.05) is 19.1 Å². The number of aryl methyl sites for hydroxylation is 2. The molecular formula is C16H23N. The smallest absolute Gasteiger partial charge is 0.0211 e. The fraction of sp³-hybridized carbons (Fsp3) is 0.625. The van der Waals surface area contributed by atoms with E-state index >= 15 is 0 Å². The Kier molecular flexibility index (Phi) is 2.55. The Morgan fingerprint density at radius 1 is 1.18 bits per heavy atom. The Labute approximate surface area is 105 Å². The number of hydrogen-bond acceptors (Lipinski definition) is 1. The van der Waals surface area contributed by atoms with Gasteiger partial charge in [-0.15, -0.1) is 0 Å². The Morgan fingerprint density at radius 3 is 2.41 bits per heavy atom. The van der Waals surface area contributed by atoms with Gasteiger partial charge in [-0.2, -0.15) is 0 Å². The molecule has 0 aromatic heterocycles. The average molecular weight is 229 g/mol. The van der Waals surface area contributed by atoms with Gasteiger partial charge in [0.05, 0.1) is 0 Å². The quantitative estimate of drug-likeness (QED) is 0.831. The van der Waals surface area contributed by atoms with Crippen LogP contribution in [0, 0.1) is 13.8 Å². The molecule has 0 radical (unpaired) electrons. The molecule has 92 valence electrons. The van der Waals surface area contributed by atoms with Gasteiger partial charge in [0.25, 0.3) is 0 Å². The highest BCUT2D eigenvalue weighted by atomic mass is 14.9. The largest absolute Gasteiger partial charge is 0.310 e. The van der Waals surface area contributed by atoms with Crippen LogP contribution in [0.4, 0.5) is 0 Å². The predicted octanol–water partition coefficient (Wildman–Crippen LogP) is 3.61. The van der Waals surface area contributed by atoms with Crippen molar-refractivity contribution in [3.05, 3.63) is 34.4 Å². The van der Waals surface area contributed by atoms with Gasteiger partial charge in [0.1, 0.15) is 0 Å². The molecule has 3 rings (SSSR count). The van der Waals surface area contributed by atoms with Crippen molar-refractivity contribution in [2.45, 2.75) is 64.5 Å². The number of benzene rings is 1. The first-order chi connectivity index (χ1) is 8.08. The van der Waals surface area contributed by atoms with Crippen LogP contribution in [0.15, 0.2) is 12.1 Å². The molecule has 1 aromatic rings. The zero-order valence-corrected chi connectivity index (χ0v) is 11.3. The number of nitrogens with one attached hydrogen (secondary N) is 1. The summed E-state index contributed by atoms with van der Waals surface area (Å²) in [6.07, 6.45) is 5.48. The lowest BCUT2D eigenvalue weighted by Crippen LogP contribution is -2.18. The second-order valence-electron chi connectivity index (χ2n) is 6.31. The lowest BCUT2D eigenvalue weighted by atomic mass is 9.89. The molecule has 1 N–H and O–H groups in total. The third-order valence-corrected chi connectivity index (χ3v) is 4.53. The summed E-state index contributed by atoms with van der Waals surface area (Å²) in [6.45, 7) is 7.95. The van der Waals surface area contributed by atoms with E-state index in [-0.39, 0.29) is 0 Å². The molecule has 0 aliphatic heterocycles. The van der Waals surface area contributed by atoms with Crippen LogP contribution in [0.1, 0.15) is 54.9 Å². The fourth-order valence-corrected chi connectivity index (χ4v) is 2.58. The molecule has 2 saturated carbocycles. The molecule has 0 atom stereocenters. The molecule has 0 amide bonds. The molecule has 0 heterocycles. The van der Waals surface area contributed by atoms with Crippen LogP contribution in [-0.4, -0.2) is 6.04 Å². The molecule has 0 spiro atoms. The summed E-state index contributed by atoms with van der Waals surface area (Å²) in [5.74, 6) is 0. The van der Waals surface area contributed by atoms with Crippen molar-refractivity contribution in [3.8, 4) is 0 Å². The molecule has 0 unspecified atom stereocenters. The Balaban J connectivity index is 1.89. The van der Waals surface area contributed by atoms with Gasteiger partial charge in [0, 0.05) is 12.6 Å². The van der Waals surface area contributed by atoms with Gasteiger partial charge in [-0.05, 0) is 67.2 Å². The standard InChI is InChI=1S/C16H23N/c1-11-8-13(10-17-14-4-5-14)15(9-12(11)2)16(3)6-7-16/h8-9,14,17H,4-7,10H2,1-3H3. The maximum absolute atomic E-state index is 3.66. The van der Waals surface area contributed by atoms with E-state index in [9.17, 15) is 0 Å². The van der Waals surface area contributed by atoms with Crippen molar-refractivity contribution in [3.63, 3.8) is 0 Å². The lowest BCUT2D eigenvalue weighted by Gasteiger charge is -2.18. The summed E-state index contributed by atoms with van der Waals surface area (Å²) >= 11 is 0. The van der Waals surface area contributed by atoms with Gasteiger partial charge < -0.3 is 5.32 Å². The summed E-state index contributed by atoms with van der Waals surface area (Å²) in [5.41, 5.74) is 6.52. The minimum atomic E-state index is 0.485. The third kappa shape index (κ3) is 2.26. The average Bonchev–Trinajstić information content (AvgIpc) is 3.16. The van der Waals surface area contributed by atoms with Crippen LogP contribution in [0.2, 0.25) is 0 Å². The first-order valence-corrected chi connectivity index (χ1v) is 6.92. The van der Waals surface area contributed by atoms with Crippen LogP contribution in [0.3, 0.4) is 0 Å². The van der Waals surface area contributed by atoms with Crippen molar-refractivity contribution < 1.29 is 0 Å². The molecule has 1 heteroatoms. The van der Waals surface area contributed by atoms with Crippen molar-refractivity contribution >= 4 is 0 Å². The topological polar surface area (TPSA) is 12.0 Å². The molecule has 2 aliphatic rings. The van der Waals surface area contributed by atoms with Crippen LogP contribution < -0.4 is 5.32 Å². The van der Waals surface area contributed by atoms with E-state index in [2.05, 4.69) is 38.2 Å². The van der Waals surface area contributed by atoms with Crippen molar-refractivity contribution in [1.82, 2.24) is 5.32 Å². The molecule has 1 nitrogen and oxygen atoms in total. The van der Waals surface area contributed by atoms with Gasteiger partial charge in [0.2, 0.25) is 0 Å². The van der Waals surface area contributed by atoms with E-state index in [1.807, 2.05) is 0 Å². The number of rotatable bonds is 4. The summed E-state index contributed by atoms with van der Waals surface area (Å²) in [5, 5.41) is 3.66. The normalized spacial score (nSPS) is 21.6. The van der Waals surface area contributed by atoms with E-state index in [0.717, 1.165) is 12.6 Å². The highest BCUT2D eigenvalue weighted by Gasteiger charge is 2.40. The van der Waals surface area contributed by atoms with Gasteiger partial charge >= 0.3 is 0 Å². The monoisotopic (exact) mass is 229 g/mol. The Hall–Kier alpha value is -0.820. The molecule has 1 aromatic carbocycles. The van der Waals surface area contributed by atoms with Gasteiger partial charge in [-0.3, -0.25) is 0 Å². The fourth-order valence-electron chi connectivity index (χ4n) is 2.58. The highest BCUT2D eigenvalue weighted by Crippen LogP contribution is 2.49. The summed E-state index contributed by atoms with van der Waals surface area (Å²) < 4.78 is 0. The van der Waals surface area contributed by atoms with E-state index in [1.165, 1.54) is 36.8 Å². The van der Waals surface area contributed by atoms with E-state index in [1.54, 1.807) is 11.1 Å². The van der Waals surface area contributed by atoms with E-state index in [4.69, 9.17) is 0 Å². The predicted molar refractivity (Wildman–Crippen MR) is 72.4 cm³/mol. The second-order valence-corrected chi connectivity index (χ2v) is 6.31. The molecule has 2 aliphatic carbocycles. The second kappa shape index (κ2) is 3.84. The molecule has 0 bridgehead atoms. The van der Waals surface area contributed by atoms with Crippen LogP contribution in [0.25, 0.3) is 0 Å². The van der Waals surface area contributed by atoms with Crippen LogP contribution >= 0.6 is 0 Å². The molecular weight excluding hydrogens is 206 g/mol. The highest BCUT2D eigenvalue weighted by molar-refractivity contribution is 5.43. The van der Waals surface area contributed by atoms with E-state index in [0.29, 0.717) is 5.41 Å². The van der Waals surface area contributed by atoms with Crippen LogP contribution in [0.5, 0.6) is 0 Å². The Morgan fingerprint density at radius 2 is 1.82 bits per heavy atom. The lowest BCUT2D eigenvalue weighted by molar-refractivity contribution is 0.667. The maximum Gasteiger partial charge on any atom is 0.0211 e. The van der Waals surface area contributed by atoms with Crippen molar-refractivity contribution in [2.24, 2.45) is 0 Å². The summed E-state index contributed by atoms with van der Waals surface area (Å²) in [6, 6.07) is 5.65. The summed E-state index contributed by atoms with van der Waals surface area (Å²) in [4.78, 5) is 0. The molecule has 2 fully saturated rings. The van der Waals surface area contributed by atoms with Crippen LogP contribution in [-0.2, 0) is 12.0 Å². The minimum Gasteiger partial charge on any atom is -0.310 e. The van der Waals surface area contributed by atoms with Gasteiger partial charge in [0.15, 0.2) is 0 Å². The van der Waals surface area contributed by atoms with Crippen molar-refractivity contribution in [2.75, 3.05) is 0 Å². The van der Waals surface area contributed by atoms with Crippen molar-refractivity contribution in [1.29, 1.82) is 0 Å². The molecule has 17 heavy (non-hydrogen) atoms. The zero-order valence-electron chi connectivity index (χ0n) is 11.3.